The normalized spacial score (nSPS) is 16.8. The molecule has 3 atom stereocenters. The molecule has 0 heterocycles. The van der Waals surface area contributed by atoms with Gasteiger partial charge in [0.2, 0.25) is 0 Å². The van der Waals surface area contributed by atoms with E-state index in [1.165, 1.54) is 5.56 Å². The first-order chi connectivity index (χ1) is 7.63. The van der Waals surface area contributed by atoms with Gasteiger partial charge in [-0.3, -0.25) is 0 Å². The van der Waals surface area contributed by atoms with Gasteiger partial charge in [0.05, 0.1) is 0 Å². The molecule has 0 bridgehead atoms. The summed E-state index contributed by atoms with van der Waals surface area (Å²) < 4.78 is 0. The highest BCUT2D eigenvalue weighted by Gasteiger charge is 2.13. The van der Waals surface area contributed by atoms with Crippen molar-refractivity contribution in [1.29, 1.82) is 0 Å². The third-order valence-electron chi connectivity index (χ3n) is 3.07. The molecule has 1 rings (SSSR count). The van der Waals surface area contributed by atoms with Gasteiger partial charge in [-0.2, -0.15) is 0 Å². The zero-order chi connectivity index (χ0) is 12.0. The molecule has 0 aliphatic carbocycles. The van der Waals surface area contributed by atoms with Gasteiger partial charge in [0.25, 0.3) is 0 Å². The second kappa shape index (κ2) is 6.66. The first-order valence-corrected chi connectivity index (χ1v) is 6.04. The average molecular weight is 221 g/mol. The Balaban J connectivity index is 2.39. The molecule has 0 aromatic heterocycles. The van der Waals surface area contributed by atoms with E-state index >= 15 is 0 Å². The summed E-state index contributed by atoms with van der Waals surface area (Å²) >= 11 is 0. The van der Waals surface area contributed by atoms with Gasteiger partial charge in [0.15, 0.2) is 0 Å². The van der Waals surface area contributed by atoms with E-state index in [4.69, 9.17) is 5.11 Å². The van der Waals surface area contributed by atoms with Gasteiger partial charge < -0.3 is 10.4 Å². The molecule has 1 aromatic rings. The third kappa shape index (κ3) is 4.33. The minimum atomic E-state index is 0.242. The minimum absolute atomic E-state index is 0.242. The highest BCUT2D eigenvalue weighted by molar-refractivity contribution is 5.15. The van der Waals surface area contributed by atoms with E-state index in [-0.39, 0.29) is 6.61 Å². The van der Waals surface area contributed by atoms with Gasteiger partial charge in [0.1, 0.15) is 0 Å². The zero-order valence-electron chi connectivity index (χ0n) is 10.5. The van der Waals surface area contributed by atoms with Crippen molar-refractivity contribution in [2.45, 2.75) is 39.3 Å². The van der Waals surface area contributed by atoms with Crippen LogP contribution in [0.1, 0.15) is 26.3 Å². The predicted molar refractivity (Wildman–Crippen MR) is 68.5 cm³/mol. The lowest BCUT2D eigenvalue weighted by Crippen LogP contribution is -2.40. The fraction of sp³-hybridized carbons (Fsp3) is 0.571. The van der Waals surface area contributed by atoms with Crippen molar-refractivity contribution in [3.63, 3.8) is 0 Å². The van der Waals surface area contributed by atoms with Gasteiger partial charge in [-0.1, -0.05) is 37.3 Å². The van der Waals surface area contributed by atoms with E-state index in [2.05, 4.69) is 50.4 Å². The summed E-state index contributed by atoms with van der Waals surface area (Å²) in [7, 11) is 0. The Kier molecular flexibility index (Phi) is 5.50. The number of rotatable bonds is 6. The minimum Gasteiger partial charge on any atom is -0.396 e. The van der Waals surface area contributed by atoms with Crippen LogP contribution < -0.4 is 5.32 Å². The summed E-state index contributed by atoms with van der Waals surface area (Å²) in [6, 6.07) is 11.3. The van der Waals surface area contributed by atoms with Crippen molar-refractivity contribution in [3.8, 4) is 0 Å². The molecular weight excluding hydrogens is 198 g/mol. The lowest BCUT2D eigenvalue weighted by atomic mass is 10.0. The molecule has 0 saturated carbocycles. The van der Waals surface area contributed by atoms with Crippen LogP contribution in [0.4, 0.5) is 0 Å². The van der Waals surface area contributed by atoms with E-state index in [9.17, 15) is 0 Å². The maximum Gasteiger partial charge on any atom is 0.0471 e. The van der Waals surface area contributed by atoms with E-state index in [0.717, 1.165) is 6.42 Å². The fourth-order valence-corrected chi connectivity index (χ4v) is 1.80. The van der Waals surface area contributed by atoms with Gasteiger partial charge in [-0.05, 0) is 31.7 Å². The van der Waals surface area contributed by atoms with Gasteiger partial charge in [-0.15, -0.1) is 0 Å². The topological polar surface area (TPSA) is 32.3 Å². The van der Waals surface area contributed by atoms with Gasteiger partial charge in [0, 0.05) is 18.7 Å². The molecule has 3 unspecified atom stereocenters. The number of hydrogen-bond donors (Lipinski definition) is 2. The molecule has 0 spiro atoms. The molecule has 0 amide bonds. The van der Waals surface area contributed by atoms with Crippen molar-refractivity contribution in [1.82, 2.24) is 5.32 Å². The largest absolute Gasteiger partial charge is 0.396 e. The van der Waals surface area contributed by atoms with E-state index in [1.54, 1.807) is 0 Å². The smallest absolute Gasteiger partial charge is 0.0471 e. The Morgan fingerprint density at radius 1 is 1.12 bits per heavy atom. The molecule has 2 nitrogen and oxygen atoms in total. The SMILES string of the molecule is CC(Cc1ccccc1)NC(C)C(C)CO. The summed E-state index contributed by atoms with van der Waals surface area (Å²) in [5.74, 6) is 0.304. The molecule has 0 radical (unpaired) electrons. The van der Waals surface area contributed by atoms with Crippen LogP contribution in [-0.4, -0.2) is 23.8 Å². The molecule has 2 heteroatoms. The highest BCUT2D eigenvalue weighted by atomic mass is 16.3. The molecule has 0 fully saturated rings. The van der Waals surface area contributed by atoms with Crippen LogP contribution in [0.5, 0.6) is 0 Å². The van der Waals surface area contributed by atoms with Crippen molar-refractivity contribution in [2.24, 2.45) is 5.92 Å². The number of hydrogen-bond acceptors (Lipinski definition) is 2. The number of aliphatic hydroxyl groups excluding tert-OH is 1. The molecule has 2 N–H and O–H groups in total. The van der Waals surface area contributed by atoms with E-state index in [1.807, 2.05) is 6.07 Å². The summed E-state index contributed by atoms with van der Waals surface area (Å²) in [5, 5.41) is 12.6. The summed E-state index contributed by atoms with van der Waals surface area (Å²) in [6.07, 6.45) is 1.03. The lowest BCUT2D eigenvalue weighted by molar-refractivity contribution is 0.202. The summed E-state index contributed by atoms with van der Waals surface area (Å²) in [6.45, 7) is 6.62. The van der Waals surface area contributed by atoms with Crippen molar-refractivity contribution >= 4 is 0 Å². The monoisotopic (exact) mass is 221 g/mol. The van der Waals surface area contributed by atoms with Crippen LogP contribution >= 0.6 is 0 Å². The first-order valence-electron chi connectivity index (χ1n) is 6.04. The van der Waals surface area contributed by atoms with Crippen LogP contribution in [-0.2, 0) is 6.42 Å². The van der Waals surface area contributed by atoms with Crippen LogP contribution in [0.25, 0.3) is 0 Å². The highest BCUT2D eigenvalue weighted by Crippen LogP contribution is 2.06. The standard InChI is InChI=1S/C14H23NO/c1-11(10-16)13(3)15-12(2)9-14-7-5-4-6-8-14/h4-8,11-13,15-16H,9-10H2,1-3H3. The maximum absolute atomic E-state index is 9.07. The molecule has 0 saturated heterocycles. The average Bonchev–Trinajstić information content (AvgIpc) is 2.29. The van der Waals surface area contributed by atoms with E-state index < -0.39 is 0 Å². The summed E-state index contributed by atoms with van der Waals surface area (Å²) in [4.78, 5) is 0. The van der Waals surface area contributed by atoms with Crippen LogP contribution in [0.15, 0.2) is 30.3 Å². The molecular formula is C14H23NO. The number of benzene rings is 1. The second-order valence-corrected chi connectivity index (χ2v) is 4.71. The summed E-state index contributed by atoms with van der Waals surface area (Å²) in [5.41, 5.74) is 1.35. The third-order valence-corrected chi connectivity index (χ3v) is 3.07. The van der Waals surface area contributed by atoms with Crippen LogP contribution in [0, 0.1) is 5.92 Å². The molecule has 0 aliphatic heterocycles. The van der Waals surface area contributed by atoms with E-state index in [0.29, 0.717) is 18.0 Å². The first kappa shape index (κ1) is 13.2. The molecule has 16 heavy (non-hydrogen) atoms. The van der Waals surface area contributed by atoms with Crippen molar-refractivity contribution < 1.29 is 5.11 Å². The van der Waals surface area contributed by atoms with Crippen molar-refractivity contribution in [2.75, 3.05) is 6.61 Å². The quantitative estimate of drug-likeness (QED) is 0.772. The maximum atomic E-state index is 9.07. The Bertz CT molecular complexity index is 286. The molecule has 1 aromatic carbocycles. The van der Waals surface area contributed by atoms with Gasteiger partial charge in [-0.25, -0.2) is 0 Å². The Morgan fingerprint density at radius 2 is 1.75 bits per heavy atom. The van der Waals surface area contributed by atoms with Crippen LogP contribution in [0.3, 0.4) is 0 Å². The fourth-order valence-electron chi connectivity index (χ4n) is 1.80. The predicted octanol–water partition coefficient (Wildman–Crippen LogP) is 2.22. The lowest BCUT2D eigenvalue weighted by Gasteiger charge is -2.24. The second-order valence-electron chi connectivity index (χ2n) is 4.71. The van der Waals surface area contributed by atoms with Gasteiger partial charge >= 0.3 is 0 Å². The molecule has 90 valence electrons. The zero-order valence-corrected chi connectivity index (χ0v) is 10.5. The Hall–Kier alpha value is -0.860. The Morgan fingerprint density at radius 3 is 2.31 bits per heavy atom. The number of nitrogens with one attached hydrogen (secondary N) is 1. The van der Waals surface area contributed by atoms with Crippen molar-refractivity contribution in [3.05, 3.63) is 35.9 Å². The number of aliphatic hydroxyl groups is 1. The van der Waals surface area contributed by atoms with Crippen LogP contribution in [0.2, 0.25) is 0 Å². The molecule has 0 aliphatic rings. The Labute approximate surface area is 98.7 Å².